The van der Waals surface area contributed by atoms with Crippen molar-refractivity contribution in [1.82, 2.24) is 10.6 Å². The van der Waals surface area contributed by atoms with E-state index in [0.717, 1.165) is 11.8 Å². The molecule has 3 rings (SSSR count). The fourth-order valence-electron chi connectivity index (χ4n) is 2.89. The molecule has 2 aromatic rings. The number of anilines is 1. The van der Waals surface area contributed by atoms with Crippen LogP contribution in [0.4, 0.5) is 10.1 Å². The van der Waals surface area contributed by atoms with Gasteiger partial charge in [-0.15, -0.1) is 11.8 Å². The fraction of sp³-hybridized carbons (Fsp3) is 0.300. The summed E-state index contributed by atoms with van der Waals surface area (Å²) in [6.45, 7) is 1.53. The number of ether oxygens (including phenoxy) is 1. The molecule has 1 heterocycles. The number of nitrogens with one attached hydrogen (secondary N) is 3. The number of amides is 2. The summed E-state index contributed by atoms with van der Waals surface area (Å²) in [4.78, 5) is 24.6. The van der Waals surface area contributed by atoms with Crippen molar-refractivity contribution in [2.45, 2.75) is 22.6 Å². The maximum atomic E-state index is 13.6. The van der Waals surface area contributed by atoms with Gasteiger partial charge < -0.3 is 15.4 Å². The van der Waals surface area contributed by atoms with E-state index in [1.807, 2.05) is 0 Å². The monoisotopic (exact) mass is 467 g/mol. The van der Waals surface area contributed by atoms with Gasteiger partial charge in [0.2, 0.25) is 11.8 Å². The van der Waals surface area contributed by atoms with Crippen LogP contribution in [-0.4, -0.2) is 50.4 Å². The van der Waals surface area contributed by atoms with Gasteiger partial charge in [0.25, 0.3) is 0 Å². The summed E-state index contributed by atoms with van der Waals surface area (Å²) in [5, 5.41) is 6.78. The maximum absolute atomic E-state index is 13.6. The third kappa shape index (κ3) is 5.54. The Morgan fingerprint density at radius 3 is 2.58 bits per heavy atom. The SMILES string of the molecule is COc1ccc(S(=O)(=O)C2CNC(SCC(=O)Nc3ccc(C)c(F)c3)NC2=O)cc1. The number of halogens is 1. The first-order valence-electron chi connectivity index (χ1n) is 9.30. The normalized spacial score (nSPS) is 18.9. The topological polar surface area (TPSA) is 114 Å². The van der Waals surface area contributed by atoms with E-state index in [1.54, 1.807) is 19.1 Å². The standard InChI is InChI=1S/C20H22FN3O5S2/c1-12-3-4-13(9-16(12)21)23-18(25)11-30-20-22-10-17(19(26)24-20)31(27,28)15-7-5-14(29-2)6-8-15/h3-9,17,20,22H,10-11H2,1-2H3,(H,23,25)(H,24,26). The third-order valence-corrected chi connectivity index (χ3v) is 7.76. The average Bonchev–Trinajstić information content (AvgIpc) is 2.75. The number of carbonyl (C=O) groups excluding carboxylic acids is 2. The number of thioether (sulfide) groups is 1. The number of hydrogen-bond donors (Lipinski definition) is 3. The minimum absolute atomic E-state index is 0.0195. The van der Waals surface area contributed by atoms with Crippen molar-refractivity contribution < 1.29 is 27.1 Å². The minimum Gasteiger partial charge on any atom is -0.497 e. The lowest BCUT2D eigenvalue weighted by Gasteiger charge is -2.29. The van der Waals surface area contributed by atoms with E-state index in [4.69, 9.17) is 4.74 Å². The van der Waals surface area contributed by atoms with Crippen LogP contribution in [0.5, 0.6) is 5.75 Å². The molecule has 0 spiro atoms. The lowest BCUT2D eigenvalue weighted by molar-refractivity contribution is -0.122. The Kier molecular flexibility index (Phi) is 7.19. The molecule has 8 nitrogen and oxygen atoms in total. The van der Waals surface area contributed by atoms with Crippen LogP contribution < -0.4 is 20.7 Å². The zero-order valence-electron chi connectivity index (χ0n) is 16.8. The van der Waals surface area contributed by atoms with Crippen molar-refractivity contribution in [3.8, 4) is 5.75 Å². The molecule has 0 aromatic heterocycles. The highest BCUT2D eigenvalue weighted by Crippen LogP contribution is 2.22. The first kappa shape index (κ1) is 23.0. The summed E-state index contributed by atoms with van der Waals surface area (Å²) in [6, 6.07) is 10.2. The summed E-state index contributed by atoms with van der Waals surface area (Å²) in [5.41, 5.74) is 0.177. The van der Waals surface area contributed by atoms with E-state index in [9.17, 15) is 22.4 Å². The zero-order valence-corrected chi connectivity index (χ0v) is 18.5. The number of sulfone groups is 1. The van der Waals surface area contributed by atoms with Crippen molar-refractivity contribution >= 4 is 39.1 Å². The summed E-state index contributed by atoms with van der Waals surface area (Å²) in [7, 11) is -2.42. The molecule has 11 heteroatoms. The second-order valence-corrected chi connectivity index (χ2v) is 10.1. The van der Waals surface area contributed by atoms with Crippen molar-refractivity contribution in [1.29, 1.82) is 0 Å². The molecular weight excluding hydrogens is 445 g/mol. The molecule has 1 fully saturated rings. The molecule has 1 aliphatic rings. The van der Waals surface area contributed by atoms with Gasteiger partial charge >= 0.3 is 0 Å². The van der Waals surface area contributed by atoms with Crippen LogP contribution in [0, 0.1) is 12.7 Å². The number of hydrogen-bond acceptors (Lipinski definition) is 7. The van der Waals surface area contributed by atoms with E-state index in [-0.39, 0.29) is 23.1 Å². The second-order valence-electron chi connectivity index (χ2n) is 6.83. The molecule has 0 bridgehead atoms. The summed E-state index contributed by atoms with van der Waals surface area (Å²) in [5.74, 6) is -0.960. The van der Waals surface area contributed by atoms with Gasteiger partial charge in [-0.2, -0.15) is 0 Å². The smallest absolute Gasteiger partial charge is 0.241 e. The van der Waals surface area contributed by atoms with E-state index < -0.39 is 32.3 Å². The molecule has 166 valence electrons. The Balaban J connectivity index is 1.54. The fourth-order valence-corrected chi connectivity index (χ4v) is 5.20. The van der Waals surface area contributed by atoms with Crippen LogP contribution in [0.3, 0.4) is 0 Å². The molecule has 0 saturated carbocycles. The molecule has 0 aliphatic carbocycles. The van der Waals surface area contributed by atoms with Gasteiger partial charge in [0, 0.05) is 12.2 Å². The lowest BCUT2D eigenvalue weighted by atomic mass is 10.2. The zero-order chi connectivity index (χ0) is 22.6. The predicted octanol–water partition coefficient (Wildman–Crippen LogP) is 1.66. The molecule has 2 unspecified atom stereocenters. The molecule has 1 aliphatic heterocycles. The number of benzene rings is 2. The largest absolute Gasteiger partial charge is 0.497 e. The van der Waals surface area contributed by atoms with Crippen molar-refractivity contribution in [3.63, 3.8) is 0 Å². The average molecular weight is 468 g/mol. The quantitative estimate of drug-likeness (QED) is 0.568. The first-order chi connectivity index (χ1) is 14.7. The van der Waals surface area contributed by atoms with Gasteiger partial charge in [-0.3, -0.25) is 14.9 Å². The Morgan fingerprint density at radius 1 is 1.26 bits per heavy atom. The highest BCUT2D eigenvalue weighted by Gasteiger charge is 2.38. The molecule has 2 aromatic carbocycles. The van der Waals surface area contributed by atoms with Crippen molar-refractivity contribution in [3.05, 3.63) is 53.8 Å². The van der Waals surface area contributed by atoms with Crippen molar-refractivity contribution in [2.24, 2.45) is 0 Å². The molecule has 31 heavy (non-hydrogen) atoms. The van der Waals surface area contributed by atoms with Crippen molar-refractivity contribution in [2.75, 3.05) is 24.7 Å². The van der Waals surface area contributed by atoms with Crippen LogP contribution in [-0.2, 0) is 19.4 Å². The molecule has 0 radical (unpaired) electrons. The van der Waals surface area contributed by atoms with Crippen LogP contribution in [0.25, 0.3) is 0 Å². The van der Waals surface area contributed by atoms with E-state index in [0.29, 0.717) is 17.0 Å². The van der Waals surface area contributed by atoms with Gasteiger partial charge in [-0.05, 0) is 48.9 Å². The summed E-state index contributed by atoms with van der Waals surface area (Å²) >= 11 is 1.09. The number of methoxy groups -OCH3 is 1. The Hall–Kier alpha value is -2.63. The highest BCUT2D eigenvalue weighted by molar-refractivity contribution is 8.00. The van der Waals surface area contributed by atoms with Gasteiger partial charge in [-0.25, -0.2) is 12.8 Å². The molecule has 3 N–H and O–H groups in total. The molecule has 2 amide bonds. The maximum Gasteiger partial charge on any atom is 0.241 e. The van der Waals surface area contributed by atoms with Crippen LogP contribution in [0.2, 0.25) is 0 Å². The van der Waals surface area contributed by atoms with Gasteiger partial charge in [0.05, 0.1) is 17.8 Å². The Morgan fingerprint density at radius 2 is 1.97 bits per heavy atom. The van der Waals surface area contributed by atoms with Gasteiger partial charge in [0.15, 0.2) is 15.1 Å². The van der Waals surface area contributed by atoms with Crippen LogP contribution in [0.15, 0.2) is 47.4 Å². The Bertz CT molecular complexity index is 1080. The second kappa shape index (κ2) is 9.67. The first-order valence-corrected chi connectivity index (χ1v) is 11.9. The predicted molar refractivity (Wildman–Crippen MR) is 116 cm³/mol. The van der Waals surface area contributed by atoms with E-state index in [1.165, 1.54) is 37.4 Å². The van der Waals surface area contributed by atoms with Crippen LogP contribution in [0.1, 0.15) is 5.56 Å². The van der Waals surface area contributed by atoms with Gasteiger partial charge in [0.1, 0.15) is 17.1 Å². The minimum atomic E-state index is -3.89. The highest BCUT2D eigenvalue weighted by atomic mass is 32.2. The lowest BCUT2D eigenvalue weighted by Crippen LogP contribution is -2.59. The number of carbonyl (C=O) groups is 2. The molecule has 1 saturated heterocycles. The van der Waals surface area contributed by atoms with E-state index >= 15 is 0 Å². The summed E-state index contributed by atoms with van der Waals surface area (Å²) in [6.07, 6.45) is 0. The summed E-state index contributed by atoms with van der Waals surface area (Å²) < 4.78 is 44.2. The van der Waals surface area contributed by atoms with Crippen LogP contribution >= 0.6 is 11.8 Å². The molecule has 2 atom stereocenters. The number of aryl methyl sites for hydroxylation is 1. The Labute approximate surface area is 183 Å². The number of rotatable bonds is 7. The van der Waals surface area contributed by atoms with Gasteiger partial charge in [-0.1, -0.05) is 6.07 Å². The molecular formula is C20H22FN3O5S2. The van der Waals surface area contributed by atoms with E-state index in [2.05, 4.69) is 16.0 Å². The third-order valence-electron chi connectivity index (χ3n) is 4.65.